The fraction of sp³-hybridized carbons (Fsp3) is 0.900. The molecule has 1 saturated heterocycles. The molecule has 2 aliphatic carbocycles. The second-order valence-electron chi connectivity index (χ2n) is 9.07. The summed E-state index contributed by atoms with van der Waals surface area (Å²) in [6.45, 7) is 2.09. The van der Waals surface area contributed by atoms with Crippen molar-refractivity contribution >= 4 is 11.9 Å². The van der Waals surface area contributed by atoms with Crippen molar-refractivity contribution in [2.75, 3.05) is 13.7 Å². The molecular weight excluding hydrogens is 437 g/mol. The first-order valence-corrected chi connectivity index (χ1v) is 11.1. The SMILES string of the molecule is COC[C@H](C)N/C(=N\C1NNC2CCC(C(F)(F)F)CC21)NC(=O)C1CCC(F)C(F)C1. The number of rotatable bonds is 5. The van der Waals surface area contributed by atoms with E-state index in [9.17, 15) is 26.7 Å². The van der Waals surface area contributed by atoms with Crippen LogP contribution >= 0.6 is 0 Å². The van der Waals surface area contributed by atoms with Crippen LogP contribution in [0.2, 0.25) is 0 Å². The van der Waals surface area contributed by atoms with E-state index in [1.165, 1.54) is 7.11 Å². The summed E-state index contributed by atoms with van der Waals surface area (Å²) in [7, 11) is 1.51. The number of methoxy groups -OCH3 is 1. The van der Waals surface area contributed by atoms with E-state index in [0.717, 1.165) is 0 Å². The number of nitrogens with zero attached hydrogens (tertiary/aromatic N) is 1. The van der Waals surface area contributed by atoms with E-state index in [-0.39, 0.29) is 50.1 Å². The highest BCUT2D eigenvalue weighted by Crippen LogP contribution is 2.42. The second-order valence-corrected chi connectivity index (χ2v) is 9.07. The molecule has 7 nitrogen and oxygen atoms in total. The molecule has 1 heterocycles. The maximum atomic E-state index is 13.8. The highest BCUT2D eigenvalue weighted by molar-refractivity contribution is 5.98. The van der Waals surface area contributed by atoms with Gasteiger partial charge in [-0.2, -0.15) is 13.2 Å². The minimum Gasteiger partial charge on any atom is -0.383 e. The lowest BCUT2D eigenvalue weighted by molar-refractivity contribution is -0.186. The van der Waals surface area contributed by atoms with Crippen molar-refractivity contribution in [3.63, 3.8) is 0 Å². The van der Waals surface area contributed by atoms with E-state index in [2.05, 4.69) is 26.5 Å². The maximum absolute atomic E-state index is 13.8. The van der Waals surface area contributed by atoms with Crippen LogP contribution in [0, 0.1) is 17.8 Å². The van der Waals surface area contributed by atoms with Gasteiger partial charge in [-0.25, -0.2) is 19.2 Å². The summed E-state index contributed by atoms with van der Waals surface area (Å²) in [5.74, 6) is -2.91. The van der Waals surface area contributed by atoms with Crippen molar-refractivity contribution in [2.24, 2.45) is 22.7 Å². The quantitative estimate of drug-likeness (QED) is 0.282. The van der Waals surface area contributed by atoms with Gasteiger partial charge in [0.1, 0.15) is 18.5 Å². The number of carbonyl (C=O) groups excluding carboxylic acids is 1. The van der Waals surface area contributed by atoms with Crippen molar-refractivity contribution < 1.29 is 31.5 Å². The van der Waals surface area contributed by atoms with E-state index in [0.29, 0.717) is 13.0 Å². The topological polar surface area (TPSA) is 86.8 Å². The molecule has 0 aromatic rings. The van der Waals surface area contributed by atoms with Gasteiger partial charge in [-0.3, -0.25) is 15.5 Å². The molecule has 0 aromatic carbocycles. The molecule has 1 amide bonds. The molecular formula is C20H32F5N5O2. The number of aliphatic imine (C=N–C) groups is 1. The van der Waals surface area contributed by atoms with Crippen LogP contribution in [0.4, 0.5) is 22.0 Å². The normalized spacial score (nSPS) is 37.0. The molecule has 3 rings (SSSR count). The zero-order valence-corrected chi connectivity index (χ0v) is 18.2. The third kappa shape index (κ3) is 6.28. The summed E-state index contributed by atoms with van der Waals surface area (Å²) in [4.78, 5) is 17.2. The zero-order valence-electron chi connectivity index (χ0n) is 18.2. The first-order valence-electron chi connectivity index (χ1n) is 11.1. The summed E-state index contributed by atoms with van der Waals surface area (Å²) in [5, 5.41) is 5.65. The van der Waals surface area contributed by atoms with E-state index < -0.39 is 48.3 Å². The number of halogens is 5. The summed E-state index contributed by atoms with van der Waals surface area (Å²) in [6, 6.07) is -0.406. The van der Waals surface area contributed by atoms with Crippen LogP contribution in [0.1, 0.15) is 45.4 Å². The van der Waals surface area contributed by atoms with Crippen LogP contribution < -0.4 is 21.5 Å². The highest BCUT2D eigenvalue weighted by atomic mass is 19.4. The monoisotopic (exact) mass is 469 g/mol. The average molecular weight is 469 g/mol. The lowest BCUT2D eigenvalue weighted by Gasteiger charge is -2.33. The van der Waals surface area contributed by atoms with Crippen molar-refractivity contribution in [3.05, 3.63) is 0 Å². The first kappa shape index (κ1) is 25.1. The number of amides is 1. The third-order valence-electron chi connectivity index (χ3n) is 6.56. The molecule has 2 saturated carbocycles. The molecule has 8 atom stereocenters. The molecule has 32 heavy (non-hydrogen) atoms. The Bertz CT molecular complexity index is 679. The molecule has 3 aliphatic rings. The maximum Gasteiger partial charge on any atom is 0.391 e. The number of guanidine groups is 1. The molecule has 4 N–H and O–H groups in total. The molecule has 0 spiro atoms. The predicted molar refractivity (Wildman–Crippen MR) is 108 cm³/mol. The van der Waals surface area contributed by atoms with Crippen LogP contribution in [0.25, 0.3) is 0 Å². The van der Waals surface area contributed by atoms with E-state index in [4.69, 9.17) is 4.74 Å². The summed E-state index contributed by atoms with van der Waals surface area (Å²) in [5.41, 5.74) is 5.95. The van der Waals surface area contributed by atoms with E-state index in [1.54, 1.807) is 6.92 Å². The Morgan fingerprint density at radius 1 is 1.12 bits per heavy atom. The first-order chi connectivity index (χ1) is 15.1. The van der Waals surface area contributed by atoms with Gasteiger partial charge >= 0.3 is 6.18 Å². The van der Waals surface area contributed by atoms with Crippen LogP contribution in [-0.4, -0.2) is 62.4 Å². The van der Waals surface area contributed by atoms with Gasteiger partial charge in [0, 0.05) is 31.0 Å². The Morgan fingerprint density at radius 3 is 2.53 bits per heavy atom. The fourth-order valence-corrected chi connectivity index (χ4v) is 4.76. The number of carbonyl (C=O) groups is 1. The number of hydrogen-bond acceptors (Lipinski definition) is 5. The van der Waals surface area contributed by atoms with Gasteiger partial charge in [-0.1, -0.05) is 0 Å². The predicted octanol–water partition coefficient (Wildman–Crippen LogP) is 2.34. The van der Waals surface area contributed by atoms with Gasteiger partial charge < -0.3 is 10.1 Å². The van der Waals surface area contributed by atoms with Crippen LogP contribution in [0.15, 0.2) is 4.99 Å². The van der Waals surface area contributed by atoms with Crippen molar-refractivity contribution in [1.82, 2.24) is 21.5 Å². The molecule has 0 bridgehead atoms. The van der Waals surface area contributed by atoms with Crippen LogP contribution in [0.3, 0.4) is 0 Å². The molecule has 3 fully saturated rings. The Kier molecular flexibility index (Phi) is 8.31. The molecule has 1 aliphatic heterocycles. The Morgan fingerprint density at radius 2 is 1.88 bits per heavy atom. The Balaban J connectivity index is 1.72. The van der Waals surface area contributed by atoms with Crippen molar-refractivity contribution in [2.45, 2.75) is 82.2 Å². The molecule has 7 unspecified atom stereocenters. The molecule has 0 aromatic heterocycles. The lowest BCUT2D eigenvalue weighted by Crippen LogP contribution is -2.50. The fourth-order valence-electron chi connectivity index (χ4n) is 4.76. The summed E-state index contributed by atoms with van der Waals surface area (Å²) < 4.78 is 72.1. The smallest absolute Gasteiger partial charge is 0.383 e. The number of hydrazine groups is 1. The number of alkyl halides is 5. The highest BCUT2D eigenvalue weighted by Gasteiger charge is 2.49. The number of ether oxygens (including phenoxy) is 1. The van der Waals surface area contributed by atoms with Gasteiger partial charge in [0.05, 0.1) is 12.5 Å². The van der Waals surface area contributed by atoms with E-state index >= 15 is 0 Å². The van der Waals surface area contributed by atoms with Crippen molar-refractivity contribution in [1.29, 1.82) is 0 Å². The molecule has 184 valence electrons. The lowest BCUT2D eigenvalue weighted by atomic mass is 9.77. The Labute approximate surface area is 184 Å². The van der Waals surface area contributed by atoms with E-state index in [1.807, 2.05) is 0 Å². The minimum atomic E-state index is -4.26. The van der Waals surface area contributed by atoms with Crippen LogP contribution in [0.5, 0.6) is 0 Å². The minimum absolute atomic E-state index is 0.0318. The number of hydrogen-bond donors (Lipinski definition) is 4. The van der Waals surface area contributed by atoms with Gasteiger partial charge in [-0.15, -0.1) is 0 Å². The standard InChI is InChI=1S/C20H32F5N5O2/c1-10(9-32-2)26-19(28-18(31)11-3-5-14(21)15(22)7-11)27-17-13-8-12(20(23,24)25)4-6-16(13)29-30-17/h10-17,29-30H,3-9H2,1-2H3,(H2,26,27,28,31)/t10-,11?,12?,13?,14?,15?,16?,17?/m0/s1. The largest absolute Gasteiger partial charge is 0.391 e. The zero-order chi connectivity index (χ0) is 23.5. The Hall–Kier alpha value is -1.53. The second kappa shape index (κ2) is 10.6. The summed E-state index contributed by atoms with van der Waals surface area (Å²) >= 11 is 0. The number of fused-ring (bicyclic) bond motifs is 1. The average Bonchev–Trinajstić information content (AvgIpc) is 3.11. The molecule has 0 radical (unpaired) electrons. The van der Waals surface area contributed by atoms with Gasteiger partial charge in [0.25, 0.3) is 0 Å². The van der Waals surface area contributed by atoms with Gasteiger partial charge in [-0.05, 0) is 45.4 Å². The van der Waals surface area contributed by atoms with Gasteiger partial charge in [0.15, 0.2) is 5.96 Å². The van der Waals surface area contributed by atoms with Crippen LogP contribution in [-0.2, 0) is 9.53 Å². The van der Waals surface area contributed by atoms with Crippen molar-refractivity contribution in [3.8, 4) is 0 Å². The summed E-state index contributed by atoms with van der Waals surface area (Å²) in [6.07, 6.45) is -7.87. The van der Waals surface area contributed by atoms with Gasteiger partial charge in [0.2, 0.25) is 5.91 Å². The third-order valence-corrected chi connectivity index (χ3v) is 6.56. The molecule has 12 heteroatoms. The number of nitrogens with one attached hydrogen (secondary N) is 4.